The molecule has 0 saturated heterocycles. The summed E-state index contributed by atoms with van der Waals surface area (Å²) in [5, 5.41) is 2.83. The Hall–Kier alpha value is -2.60. The van der Waals surface area contributed by atoms with E-state index in [0.29, 0.717) is 11.3 Å². The lowest BCUT2D eigenvalue weighted by Gasteiger charge is -2.08. The molecule has 1 aromatic heterocycles. The molecule has 7 heteroatoms. The molecule has 6 nitrogen and oxygen atoms in total. The molecule has 0 aliphatic heterocycles. The summed E-state index contributed by atoms with van der Waals surface area (Å²) in [6, 6.07) is 7.65. The van der Waals surface area contributed by atoms with E-state index in [-0.39, 0.29) is 16.4 Å². The van der Waals surface area contributed by atoms with Gasteiger partial charge in [0.2, 0.25) is 0 Å². The number of benzene rings is 1. The zero-order valence-electron chi connectivity index (χ0n) is 11.1. The average Bonchev–Trinajstić information content (AvgIpc) is 2.49. The first kappa shape index (κ1) is 14.8. The van der Waals surface area contributed by atoms with E-state index < -0.39 is 11.9 Å². The number of nitrogens with zero attached hydrogens (tertiary/aromatic N) is 1. The fourth-order valence-electron chi connectivity index (χ4n) is 1.64. The number of aromatic nitrogens is 1. The maximum Gasteiger partial charge on any atom is 0.337 e. The van der Waals surface area contributed by atoms with Crippen LogP contribution < -0.4 is 11.1 Å². The molecule has 1 aromatic carbocycles. The Morgan fingerprint density at radius 3 is 2.57 bits per heavy atom. The third kappa shape index (κ3) is 3.49. The van der Waals surface area contributed by atoms with Crippen LogP contribution in [0.4, 0.5) is 11.4 Å². The number of nitrogen functional groups attached to an aromatic ring is 1. The monoisotopic (exact) mass is 305 g/mol. The van der Waals surface area contributed by atoms with Gasteiger partial charge in [0.1, 0.15) is 5.15 Å². The predicted octanol–water partition coefficient (Wildman–Crippen LogP) is 2.36. The van der Waals surface area contributed by atoms with Crippen LogP contribution in [0, 0.1) is 0 Å². The van der Waals surface area contributed by atoms with Gasteiger partial charge in [-0.2, -0.15) is 0 Å². The minimum atomic E-state index is -0.446. The van der Waals surface area contributed by atoms with E-state index in [1.165, 1.54) is 19.4 Å². The van der Waals surface area contributed by atoms with Gasteiger partial charge in [-0.15, -0.1) is 0 Å². The Morgan fingerprint density at radius 2 is 1.95 bits per heavy atom. The Balaban J connectivity index is 2.16. The van der Waals surface area contributed by atoms with Crippen molar-refractivity contribution in [1.29, 1.82) is 0 Å². The number of carbonyl (C=O) groups is 2. The zero-order chi connectivity index (χ0) is 15.4. The van der Waals surface area contributed by atoms with E-state index in [1.807, 2.05) is 0 Å². The van der Waals surface area contributed by atoms with Gasteiger partial charge in [-0.3, -0.25) is 4.79 Å². The summed E-state index contributed by atoms with van der Waals surface area (Å²) >= 11 is 5.74. The van der Waals surface area contributed by atoms with Crippen LogP contribution in [0.5, 0.6) is 0 Å². The number of rotatable bonds is 3. The van der Waals surface area contributed by atoms with Gasteiger partial charge in [-0.1, -0.05) is 11.6 Å². The van der Waals surface area contributed by atoms with Crippen LogP contribution in [-0.2, 0) is 4.74 Å². The van der Waals surface area contributed by atoms with E-state index in [2.05, 4.69) is 15.0 Å². The minimum Gasteiger partial charge on any atom is -0.465 e. The maximum absolute atomic E-state index is 12.1. The van der Waals surface area contributed by atoms with Crippen molar-refractivity contribution >= 4 is 34.9 Å². The molecule has 0 unspecified atom stereocenters. The van der Waals surface area contributed by atoms with Crippen molar-refractivity contribution in [3.63, 3.8) is 0 Å². The SMILES string of the molecule is COC(=O)c1ccc(NC(=O)c2cc(Cl)ncc2N)cc1. The number of pyridine rings is 1. The highest BCUT2D eigenvalue weighted by molar-refractivity contribution is 6.30. The first-order valence-electron chi connectivity index (χ1n) is 5.92. The van der Waals surface area contributed by atoms with Crippen molar-refractivity contribution in [3.8, 4) is 0 Å². The summed E-state index contributed by atoms with van der Waals surface area (Å²) in [7, 11) is 1.30. The summed E-state index contributed by atoms with van der Waals surface area (Å²) in [6.45, 7) is 0. The number of hydrogen-bond donors (Lipinski definition) is 2. The fraction of sp³-hybridized carbons (Fsp3) is 0.0714. The molecule has 2 rings (SSSR count). The molecular weight excluding hydrogens is 294 g/mol. The lowest BCUT2D eigenvalue weighted by molar-refractivity contribution is 0.0600. The largest absolute Gasteiger partial charge is 0.465 e. The predicted molar refractivity (Wildman–Crippen MR) is 79.4 cm³/mol. The van der Waals surface area contributed by atoms with E-state index in [4.69, 9.17) is 17.3 Å². The first-order valence-corrected chi connectivity index (χ1v) is 6.30. The van der Waals surface area contributed by atoms with Crippen LogP contribution in [0.15, 0.2) is 36.5 Å². The van der Waals surface area contributed by atoms with Crippen LogP contribution in [-0.4, -0.2) is 24.0 Å². The normalized spacial score (nSPS) is 10.0. The highest BCUT2D eigenvalue weighted by atomic mass is 35.5. The van der Waals surface area contributed by atoms with Gasteiger partial charge in [-0.25, -0.2) is 9.78 Å². The van der Waals surface area contributed by atoms with Gasteiger partial charge in [0.15, 0.2) is 0 Å². The molecule has 1 amide bonds. The number of methoxy groups -OCH3 is 1. The molecule has 0 bridgehead atoms. The van der Waals surface area contributed by atoms with E-state index in [1.54, 1.807) is 24.3 Å². The molecule has 21 heavy (non-hydrogen) atoms. The van der Waals surface area contributed by atoms with Crippen LogP contribution >= 0.6 is 11.6 Å². The van der Waals surface area contributed by atoms with Crippen molar-refractivity contribution in [3.05, 3.63) is 52.8 Å². The Morgan fingerprint density at radius 1 is 1.29 bits per heavy atom. The van der Waals surface area contributed by atoms with Gasteiger partial charge in [0.25, 0.3) is 5.91 Å². The number of carbonyl (C=O) groups excluding carboxylic acids is 2. The first-order chi connectivity index (χ1) is 10.0. The molecule has 0 radical (unpaired) electrons. The zero-order valence-corrected chi connectivity index (χ0v) is 11.8. The van der Waals surface area contributed by atoms with Crippen LogP contribution in [0.25, 0.3) is 0 Å². The van der Waals surface area contributed by atoms with Gasteiger partial charge in [0.05, 0.1) is 30.1 Å². The summed E-state index contributed by atoms with van der Waals surface area (Å²) in [5.41, 5.74) is 7.04. The average molecular weight is 306 g/mol. The van der Waals surface area contributed by atoms with Gasteiger partial charge >= 0.3 is 5.97 Å². The van der Waals surface area contributed by atoms with Crippen molar-refractivity contribution in [2.75, 3.05) is 18.2 Å². The number of nitrogens with two attached hydrogens (primary N) is 1. The number of anilines is 2. The number of nitrogens with one attached hydrogen (secondary N) is 1. The highest BCUT2D eigenvalue weighted by Crippen LogP contribution is 2.17. The lowest BCUT2D eigenvalue weighted by Crippen LogP contribution is -2.14. The number of amides is 1. The maximum atomic E-state index is 12.1. The van der Waals surface area contributed by atoms with Gasteiger partial charge in [0, 0.05) is 5.69 Å². The second kappa shape index (κ2) is 6.23. The summed E-state index contributed by atoms with van der Waals surface area (Å²) in [6.07, 6.45) is 1.32. The van der Waals surface area contributed by atoms with Crippen molar-refractivity contribution < 1.29 is 14.3 Å². The van der Waals surface area contributed by atoms with E-state index >= 15 is 0 Å². The molecule has 0 aliphatic carbocycles. The quantitative estimate of drug-likeness (QED) is 0.670. The Kier molecular flexibility index (Phi) is 4.39. The highest BCUT2D eigenvalue weighted by Gasteiger charge is 2.12. The third-order valence-corrected chi connectivity index (χ3v) is 2.92. The minimum absolute atomic E-state index is 0.176. The van der Waals surface area contributed by atoms with Crippen molar-refractivity contribution in [2.24, 2.45) is 0 Å². The topological polar surface area (TPSA) is 94.3 Å². The molecule has 0 aliphatic rings. The lowest BCUT2D eigenvalue weighted by atomic mass is 10.2. The molecule has 2 aromatic rings. The molecule has 0 saturated carbocycles. The van der Waals surface area contributed by atoms with E-state index in [0.717, 1.165) is 0 Å². The van der Waals surface area contributed by atoms with E-state index in [9.17, 15) is 9.59 Å². The number of esters is 1. The smallest absolute Gasteiger partial charge is 0.337 e. The Bertz CT molecular complexity index is 686. The second-order valence-corrected chi connectivity index (χ2v) is 4.50. The number of hydrogen-bond acceptors (Lipinski definition) is 5. The summed E-state index contributed by atoms with van der Waals surface area (Å²) in [4.78, 5) is 27.2. The van der Waals surface area contributed by atoms with Crippen LogP contribution in [0.2, 0.25) is 5.15 Å². The fourth-order valence-corrected chi connectivity index (χ4v) is 1.80. The number of halogens is 1. The van der Waals surface area contributed by atoms with Crippen LogP contribution in [0.1, 0.15) is 20.7 Å². The molecule has 0 spiro atoms. The van der Waals surface area contributed by atoms with Gasteiger partial charge < -0.3 is 15.8 Å². The molecule has 0 atom stereocenters. The van der Waals surface area contributed by atoms with Crippen LogP contribution in [0.3, 0.4) is 0 Å². The van der Waals surface area contributed by atoms with Gasteiger partial charge in [-0.05, 0) is 30.3 Å². The molecule has 108 valence electrons. The standard InChI is InChI=1S/C14H12ClN3O3/c1-21-14(20)8-2-4-9(5-3-8)18-13(19)10-6-12(15)17-7-11(10)16/h2-7H,16H2,1H3,(H,18,19). The third-order valence-electron chi connectivity index (χ3n) is 2.71. The number of ether oxygens (including phenoxy) is 1. The summed E-state index contributed by atoms with van der Waals surface area (Å²) in [5.74, 6) is -0.861. The van der Waals surface area contributed by atoms with Crippen molar-refractivity contribution in [2.45, 2.75) is 0 Å². The molecule has 1 heterocycles. The summed E-state index contributed by atoms with van der Waals surface area (Å²) < 4.78 is 4.59. The Labute approximate surface area is 125 Å². The molecule has 3 N–H and O–H groups in total. The van der Waals surface area contributed by atoms with Crippen molar-refractivity contribution in [1.82, 2.24) is 4.98 Å². The second-order valence-electron chi connectivity index (χ2n) is 4.12. The molecule has 0 fully saturated rings. The molecular formula is C14H12ClN3O3.